The summed E-state index contributed by atoms with van der Waals surface area (Å²) in [4.78, 5) is 11.9. The molecule has 0 aliphatic heterocycles. The first-order chi connectivity index (χ1) is 9.87. The molecule has 8 heteroatoms. The predicted molar refractivity (Wildman–Crippen MR) is 69.2 cm³/mol. The van der Waals surface area contributed by atoms with Crippen LogP contribution in [0.1, 0.15) is 10.4 Å². The van der Waals surface area contributed by atoms with Crippen LogP contribution in [-0.4, -0.2) is 29.0 Å². The summed E-state index contributed by atoms with van der Waals surface area (Å²) in [6.07, 6.45) is -2.08. The van der Waals surface area contributed by atoms with E-state index in [1.807, 2.05) is 0 Å². The summed E-state index contributed by atoms with van der Waals surface area (Å²) < 4.78 is 42.2. The zero-order valence-electron chi connectivity index (χ0n) is 11.0. The number of hydrogen-bond acceptors (Lipinski definition) is 3. The van der Waals surface area contributed by atoms with Gasteiger partial charge in [-0.05, 0) is 24.3 Å². The number of methoxy groups -OCH3 is 1. The highest BCUT2D eigenvalue weighted by molar-refractivity contribution is 6.04. The Labute approximate surface area is 118 Å². The van der Waals surface area contributed by atoms with E-state index >= 15 is 0 Å². The molecule has 0 saturated carbocycles. The third kappa shape index (κ3) is 4.23. The van der Waals surface area contributed by atoms with Crippen molar-refractivity contribution in [1.29, 1.82) is 0 Å². The number of aromatic nitrogens is 2. The van der Waals surface area contributed by atoms with Gasteiger partial charge in [0.1, 0.15) is 12.3 Å². The van der Waals surface area contributed by atoms with Gasteiger partial charge in [-0.15, -0.1) is 0 Å². The van der Waals surface area contributed by atoms with Crippen molar-refractivity contribution in [3.63, 3.8) is 0 Å². The van der Waals surface area contributed by atoms with Gasteiger partial charge in [0.2, 0.25) is 0 Å². The first kappa shape index (κ1) is 14.9. The van der Waals surface area contributed by atoms with Crippen molar-refractivity contribution >= 4 is 11.6 Å². The van der Waals surface area contributed by atoms with Crippen LogP contribution < -0.4 is 10.1 Å². The van der Waals surface area contributed by atoms with E-state index in [0.717, 1.165) is 12.4 Å². The van der Waals surface area contributed by atoms with E-state index in [9.17, 15) is 18.0 Å². The van der Waals surface area contributed by atoms with Crippen LogP contribution in [0, 0.1) is 0 Å². The molecule has 0 fully saturated rings. The van der Waals surface area contributed by atoms with Crippen molar-refractivity contribution in [3.05, 3.63) is 42.2 Å². The van der Waals surface area contributed by atoms with E-state index in [1.54, 1.807) is 24.3 Å². The molecule has 0 aliphatic rings. The molecule has 5 nitrogen and oxygen atoms in total. The maximum atomic E-state index is 12.2. The smallest absolute Gasteiger partial charge is 0.408 e. The fourth-order valence-corrected chi connectivity index (χ4v) is 1.64. The van der Waals surface area contributed by atoms with Crippen LogP contribution in [0.2, 0.25) is 0 Å². The van der Waals surface area contributed by atoms with E-state index in [4.69, 9.17) is 4.74 Å². The summed E-state index contributed by atoms with van der Waals surface area (Å²) in [5, 5.41) is 6.01. The molecule has 2 rings (SSSR count). The molecule has 0 bridgehead atoms. The van der Waals surface area contributed by atoms with Crippen LogP contribution >= 0.6 is 0 Å². The van der Waals surface area contributed by atoms with Crippen LogP contribution in [-0.2, 0) is 6.54 Å². The van der Waals surface area contributed by atoms with Crippen molar-refractivity contribution in [1.82, 2.24) is 9.78 Å². The van der Waals surface area contributed by atoms with E-state index in [-0.39, 0.29) is 5.69 Å². The fraction of sp³-hybridized carbons (Fsp3) is 0.231. The van der Waals surface area contributed by atoms with Gasteiger partial charge >= 0.3 is 6.18 Å². The second kappa shape index (κ2) is 5.86. The Kier molecular flexibility index (Phi) is 4.15. The number of carbonyl (C=O) groups excluding carboxylic acids is 1. The Bertz CT molecular complexity index is 620. The molecule has 0 radical (unpaired) electrons. The monoisotopic (exact) mass is 299 g/mol. The Morgan fingerprint density at radius 2 is 2.00 bits per heavy atom. The molecule has 21 heavy (non-hydrogen) atoms. The molecule has 0 spiro atoms. The standard InChI is InChI=1S/C13H12F3N3O2/c1-21-11-4-2-9(3-5-11)12(20)18-10-6-17-19(7-10)8-13(14,15)16/h2-7H,8H2,1H3,(H,18,20). The Hall–Kier alpha value is -2.51. The summed E-state index contributed by atoms with van der Waals surface area (Å²) in [7, 11) is 1.50. The van der Waals surface area contributed by atoms with E-state index in [1.165, 1.54) is 7.11 Å². The number of anilines is 1. The summed E-state index contributed by atoms with van der Waals surface area (Å²) in [6.45, 7) is -1.20. The van der Waals surface area contributed by atoms with Gasteiger partial charge in [0.05, 0.1) is 19.0 Å². The molecule has 1 amide bonds. The second-order valence-corrected chi connectivity index (χ2v) is 4.22. The van der Waals surface area contributed by atoms with Gasteiger partial charge in [0, 0.05) is 11.8 Å². The first-order valence-electron chi connectivity index (χ1n) is 5.92. The molecule has 1 heterocycles. The lowest BCUT2D eigenvalue weighted by Gasteiger charge is -2.05. The summed E-state index contributed by atoms with van der Waals surface area (Å²) in [5.41, 5.74) is 0.555. The summed E-state index contributed by atoms with van der Waals surface area (Å²) in [5.74, 6) is 0.161. The zero-order chi connectivity index (χ0) is 15.5. The molecule has 112 valence electrons. The molecule has 0 atom stereocenters. The molecule has 0 aliphatic carbocycles. The molecule has 0 saturated heterocycles. The highest BCUT2D eigenvalue weighted by Gasteiger charge is 2.28. The number of amides is 1. The fourth-order valence-electron chi connectivity index (χ4n) is 1.64. The Morgan fingerprint density at radius 3 is 2.57 bits per heavy atom. The second-order valence-electron chi connectivity index (χ2n) is 4.22. The van der Waals surface area contributed by atoms with Gasteiger partial charge in [-0.2, -0.15) is 18.3 Å². The molecular weight excluding hydrogens is 287 g/mol. The maximum Gasteiger partial charge on any atom is 0.408 e. The predicted octanol–water partition coefficient (Wildman–Crippen LogP) is 2.71. The van der Waals surface area contributed by atoms with Crippen LogP contribution in [0.5, 0.6) is 5.75 Å². The first-order valence-corrected chi connectivity index (χ1v) is 5.92. The molecule has 1 N–H and O–H groups in total. The van der Waals surface area contributed by atoms with Gasteiger partial charge in [-0.1, -0.05) is 0 Å². The number of hydrogen-bond donors (Lipinski definition) is 1. The lowest BCUT2D eigenvalue weighted by atomic mass is 10.2. The topological polar surface area (TPSA) is 56.1 Å². The van der Waals surface area contributed by atoms with E-state index in [0.29, 0.717) is 16.0 Å². The number of ether oxygens (including phenoxy) is 1. The van der Waals surface area contributed by atoms with Crippen LogP contribution in [0.3, 0.4) is 0 Å². The van der Waals surface area contributed by atoms with Gasteiger partial charge in [-0.25, -0.2) is 0 Å². The van der Waals surface area contributed by atoms with Gasteiger partial charge in [-0.3, -0.25) is 9.48 Å². The quantitative estimate of drug-likeness (QED) is 0.944. The highest BCUT2D eigenvalue weighted by atomic mass is 19.4. The molecule has 1 aromatic carbocycles. The number of rotatable bonds is 4. The van der Waals surface area contributed by atoms with Crippen LogP contribution in [0.25, 0.3) is 0 Å². The molecule has 1 aromatic heterocycles. The number of halogens is 3. The largest absolute Gasteiger partial charge is 0.497 e. The highest BCUT2D eigenvalue weighted by Crippen LogP contribution is 2.18. The zero-order valence-corrected chi connectivity index (χ0v) is 11.0. The number of benzene rings is 1. The number of nitrogens with zero attached hydrogens (tertiary/aromatic N) is 2. The lowest BCUT2D eigenvalue weighted by molar-refractivity contribution is -0.142. The van der Waals surface area contributed by atoms with E-state index < -0.39 is 18.6 Å². The minimum atomic E-state index is -4.36. The molecule has 0 unspecified atom stereocenters. The normalized spacial score (nSPS) is 11.2. The van der Waals surface area contributed by atoms with Gasteiger partial charge < -0.3 is 10.1 Å². The molecule has 2 aromatic rings. The van der Waals surface area contributed by atoms with Crippen molar-refractivity contribution in [2.45, 2.75) is 12.7 Å². The van der Waals surface area contributed by atoms with Crippen LogP contribution in [0.15, 0.2) is 36.7 Å². The maximum absolute atomic E-state index is 12.2. The third-order valence-electron chi connectivity index (χ3n) is 2.58. The van der Waals surface area contributed by atoms with Crippen molar-refractivity contribution in [2.24, 2.45) is 0 Å². The summed E-state index contributed by atoms with van der Waals surface area (Å²) in [6, 6.07) is 6.33. The van der Waals surface area contributed by atoms with E-state index in [2.05, 4.69) is 10.4 Å². The Morgan fingerprint density at radius 1 is 1.33 bits per heavy atom. The third-order valence-corrected chi connectivity index (χ3v) is 2.58. The Balaban J connectivity index is 2.02. The molecular formula is C13H12F3N3O2. The summed E-state index contributed by atoms with van der Waals surface area (Å²) >= 11 is 0. The number of carbonyl (C=O) groups is 1. The lowest BCUT2D eigenvalue weighted by Crippen LogP contribution is -2.18. The van der Waals surface area contributed by atoms with Crippen molar-refractivity contribution in [3.8, 4) is 5.75 Å². The van der Waals surface area contributed by atoms with Gasteiger partial charge in [0.15, 0.2) is 0 Å². The van der Waals surface area contributed by atoms with Gasteiger partial charge in [0.25, 0.3) is 5.91 Å². The average molecular weight is 299 g/mol. The minimum Gasteiger partial charge on any atom is -0.497 e. The number of alkyl halides is 3. The van der Waals surface area contributed by atoms with Crippen molar-refractivity contribution in [2.75, 3.05) is 12.4 Å². The van der Waals surface area contributed by atoms with Crippen molar-refractivity contribution < 1.29 is 22.7 Å². The minimum absolute atomic E-state index is 0.195. The van der Waals surface area contributed by atoms with Crippen LogP contribution in [0.4, 0.5) is 18.9 Å². The number of nitrogens with one attached hydrogen (secondary N) is 1. The average Bonchev–Trinajstić information content (AvgIpc) is 2.83. The SMILES string of the molecule is COc1ccc(C(=O)Nc2cnn(CC(F)(F)F)c2)cc1.